The first-order chi connectivity index (χ1) is 9.38. The van der Waals surface area contributed by atoms with E-state index in [-0.39, 0.29) is 0 Å². The third kappa shape index (κ3) is 5.74. The van der Waals surface area contributed by atoms with Crippen molar-refractivity contribution in [1.82, 2.24) is 15.8 Å². The Kier molecular flexibility index (Phi) is 5.68. The number of rotatable bonds is 8. The van der Waals surface area contributed by atoms with Crippen molar-refractivity contribution in [3.63, 3.8) is 0 Å². The van der Waals surface area contributed by atoms with Gasteiger partial charge in [0.2, 0.25) is 0 Å². The molecule has 0 radical (unpaired) electrons. The molecule has 0 saturated heterocycles. The molecule has 0 aromatic carbocycles. The molecule has 1 saturated carbocycles. The predicted molar refractivity (Wildman–Crippen MR) is 72.9 cm³/mol. The number of nitrogens with zero attached hydrogens (tertiary/aromatic N) is 2. The average Bonchev–Trinajstić information content (AvgIpc) is 3.11. The Balaban J connectivity index is 1.49. The maximum absolute atomic E-state index is 5.57. The van der Waals surface area contributed by atoms with Crippen LogP contribution in [0.4, 0.5) is 0 Å². The van der Waals surface area contributed by atoms with Gasteiger partial charge in [0.05, 0.1) is 6.54 Å². The summed E-state index contributed by atoms with van der Waals surface area (Å²) in [6, 6.07) is 1.83. The first-order valence-corrected chi connectivity index (χ1v) is 6.80. The Hall–Kier alpha value is -1.56. The van der Waals surface area contributed by atoms with Crippen molar-refractivity contribution >= 4 is 5.96 Å². The van der Waals surface area contributed by atoms with E-state index in [1.54, 1.807) is 13.3 Å². The highest BCUT2D eigenvalue weighted by molar-refractivity contribution is 5.79. The molecule has 6 heteroatoms. The highest BCUT2D eigenvalue weighted by atomic mass is 16.5. The molecule has 1 heterocycles. The van der Waals surface area contributed by atoms with E-state index in [4.69, 9.17) is 9.26 Å². The molecule has 1 aliphatic rings. The molecule has 0 amide bonds. The van der Waals surface area contributed by atoms with Gasteiger partial charge in [-0.05, 0) is 25.2 Å². The summed E-state index contributed by atoms with van der Waals surface area (Å²) in [6.45, 7) is 3.19. The second-order valence-corrected chi connectivity index (χ2v) is 4.72. The average molecular weight is 266 g/mol. The summed E-state index contributed by atoms with van der Waals surface area (Å²) in [7, 11) is 1.75. The standard InChI is InChI=1S/C13H22N4O2/c1-14-13(16-9-12-5-8-19-17-12)15-6-2-7-18-10-11-3-4-11/h5,8,11H,2-4,6-7,9-10H2,1H3,(H2,14,15,16). The van der Waals surface area contributed by atoms with Gasteiger partial charge in [0.1, 0.15) is 12.0 Å². The van der Waals surface area contributed by atoms with Gasteiger partial charge in [-0.15, -0.1) is 0 Å². The Morgan fingerprint density at radius 1 is 1.53 bits per heavy atom. The summed E-state index contributed by atoms with van der Waals surface area (Å²) < 4.78 is 10.3. The first-order valence-electron chi connectivity index (χ1n) is 6.80. The molecule has 0 unspecified atom stereocenters. The summed E-state index contributed by atoms with van der Waals surface area (Å²) in [5.74, 6) is 1.61. The Morgan fingerprint density at radius 2 is 2.42 bits per heavy atom. The van der Waals surface area contributed by atoms with Gasteiger partial charge in [0, 0.05) is 32.9 Å². The van der Waals surface area contributed by atoms with Gasteiger partial charge in [-0.1, -0.05) is 5.16 Å². The number of nitrogens with one attached hydrogen (secondary N) is 2. The molecule has 0 bridgehead atoms. The van der Waals surface area contributed by atoms with Crippen molar-refractivity contribution < 1.29 is 9.26 Å². The second-order valence-electron chi connectivity index (χ2n) is 4.72. The zero-order valence-electron chi connectivity index (χ0n) is 11.4. The highest BCUT2D eigenvalue weighted by Crippen LogP contribution is 2.28. The quantitative estimate of drug-likeness (QED) is 0.419. The Morgan fingerprint density at radius 3 is 3.11 bits per heavy atom. The van der Waals surface area contributed by atoms with Gasteiger partial charge in [0.25, 0.3) is 0 Å². The van der Waals surface area contributed by atoms with E-state index in [2.05, 4.69) is 20.8 Å². The summed E-state index contributed by atoms with van der Waals surface area (Å²) in [4.78, 5) is 4.14. The van der Waals surface area contributed by atoms with Crippen LogP contribution in [-0.2, 0) is 11.3 Å². The third-order valence-corrected chi connectivity index (χ3v) is 2.96. The largest absolute Gasteiger partial charge is 0.381 e. The van der Waals surface area contributed by atoms with Crippen molar-refractivity contribution in [2.24, 2.45) is 10.9 Å². The van der Waals surface area contributed by atoms with E-state index in [0.29, 0.717) is 6.54 Å². The van der Waals surface area contributed by atoms with Gasteiger partial charge in [0.15, 0.2) is 5.96 Å². The molecule has 2 N–H and O–H groups in total. The minimum atomic E-state index is 0.606. The maximum atomic E-state index is 5.57. The van der Waals surface area contributed by atoms with E-state index in [0.717, 1.165) is 43.8 Å². The molecule has 1 aromatic rings. The van der Waals surface area contributed by atoms with Crippen LogP contribution in [0.3, 0.4) is 0 Å². The van der Waals surface area contributed by atoms with Crippen LogP contribution >= 0.6 is 0 Å². The van der Waals surface area contributed by atoms with Crippen molar-refractivity contribution in [2.45, 2.75) is 25.8 Å². The van der Waals surface area contributed by atoms with Gasteiger partial charge in [-0.3, -0.25) is 4.99 Å². The van der Waals surface area contributed by atoms with Crippen molar-refractivity contribution in [3.8, 4) is 0 Å². The maximum Gasteiger partial charge on any atom is 0.191 e. The summed E-state index contributed by atoms with van der Waals surface area (Å²) in [6.07, 6.45) is 5.23. The fourth-order valence-electron chi connectivity index (χ4n) is 1.64. The van der Waals surface area contributed by atoms with E-state index in [1.165, 1.54) is 12.8 Å². The molecule has 19 heavy (non-hydrogen) atoms. The SMILES string of the molecule is CN=C(NCCCOCC1CC1)NCc1ccon1. The monoisotopic (exact) mass is 266 g/mol. The predicted octanol–water partition coefficient (Wildman–Crippen LogP) is 1.16. The van der Waals surface area contributed by atoms with Crippen molar-refractivity contribution in [2.75, 3.05) is 26.8 Å². The van der Waals surface area contributed by atoms with Crippen LogP contribution in [0.1, 0.15) is 25.0 Å². The molecule has 0 aliphatic heterocycles. The van der Waals surface area contributed by atoms with E-state index in [1.807, 2.05) is 6.07 Å². The number of guanidine groups is 1. The van der Waals surface area contributed by atoms with Crippen LogP contribution in [0, 0.1) is 5.92 Å². The molecule has 0 atom stereocenters. The molecule has 106 valence electrons. The lowest BCUT2D eigenvalue weighted by atomic mass is 10.4. The fourth-order valence-corrected chi connectivity index (χ4v) is 1.64. The number of hydrogen-bond acceptors (Lipinski definition) is 4. The van der Waals surface area contributed by atoms with Gasteiger partial charge in [-0.2, -0.15) is 0 Å². The van der Waals surface area contributed by atoms with E-state index in [9.17, 15) is 0 Å². The van der Waals surface area contributed by atoms with Gasteiger partial charge in [-0.25, -0.2) is 0 Å². The van der Waals surface area contributed by atoms with Crippen LogP contribution < -0.4 is 10.6 Å². The summed E-state index contributed by atoms with van der Waals surface area (Å²) >= 11 is 0. The Bertz CT molecular complexity index is 374. The normalized spacial score (nSPS) is 15.5. The first kappa shape index (κ1) is 13.9. The number of aromatic nitrogens is 1. The summed E-state index contributed by atoms with van der Waals surface area (Å²) in [5.41, 5.74) is 0.857. The molecule has 0 spiro atoms. The lowest BCUT2D eigenvalue weighted by Gasteiger charge is -2.10. The number of ether oxygens (including phenoxy) is 1. The van der Waals surface area contributed by atoms with Crippen molar-refractivity contribution in [1.29, 1.82) is 0 Å². The van der Waals surface area contributed by atoms with Crippen LogP contribution in [0.2, 0.25) is 0 Å². The van der Waals surface area contributed by atoms with Gasteiger partial charge >= 0.3 is 0 Å². The highest BCUT2D eigenvalue weighted by Gasteiger charge is 2.20. The zero-order valence-corrected chi connectivity index (χ0v) is 11.4. The smallest absolute Gasteiger partial charge is 0.191 e. The van der Waals surface area contributed by atoms with E-state index >= 15 is 0 Å². The third-order valence-electron chi connectivity index (χ3n) is 2.96. The molecule has 1 fully saturated rings. The van der Waals surface area contributed by atoms with E-state index < -0.39 is 0 Å². The number of aliphatic imine (C=N–C) groups is 1. The lowest BCUT2D eigenvalue weighted by Crippen LogP contribution is -2.37. The lowest BCUT2D eigenvalue weighted by molar-refractivity contribution is 0.123. The van der Waals surface area contributed by atoms with Crippen LogP contribution in [0.15, 0.2) is 21.8 Å². The van der Waals surface area contributed by atoms with Crippen molar-refractivity contribution in [3.05, 3.63) is 18.0 Å². The minimum Gasteiger partial charge on any atom is -0.381 e. The molecular weight excluding hydrogens is 244 g/mol. The summed E-state index contributed by atoms with van der Waals surface area (Å²) in [5, 5.41) is 10.2. The fraction of sp³-hybridized carbons (Fsp3) is 0.692. The molecular formula is C13H22N4O2. The van der Waals surface area contributed by atoms with Crippen LogP contribution in [-0.4, -0.2) is 37.9 Å². The van der Waals surface area contributed by atoms with Gasteiger partial charge < -0.3 is 19.9 Å². The zero-order chi connectivity index (χ0) is 13.3. The van der Waals surface area contributed by atoms with Crippen LogP contribution in [0.25, 0.3) is 0 Å². The minimum absolute atomic E-state index is 0.606. The number of hydrogen-bond donors (Lipinski definition) is 2. The Labute approximate surface area is 113 Å². The molecule has 1 aliphatic carbocycles. The second kappa shape index (κ2) is 7.78. The molecule has 2 rings (SSSR count). The topological polar surface area (TPSA) is 71.7 Å². The molecule has 1 aromatic heterocycles. The van der Waals surface area contributed by atoms with Crippen LogP contribution in [0.5, 0.6) is 0 Å². The molecule has 6 nitrogen and oxygen atoms in total.